The number of rotatable bonds is 5. The number of nitro groups is 1. The van der Waals surface area contributed by atoms with E-state index in [4.69, 9.17) is 4.74 Å². The minimum atomic E-state index is -0.514. The number of nitro benzene ring substituents is 1. The normalized spacial score (nSPS) is 10.7. The van der Waals surface area contributed by atoms with Crippen molar-refractivity contribution in [3.05, 3.63) is 63.7 Å². The highest BCUT2D eigenvalue weighted by atomic mass is 16.6. The first-order valence-electron chi connectivity index (χ1n) is 6.20. The highest BCUT2D eigenvalue weighted by Gasteiger charge is 2.08. The zero-order valence-corrected chi connectivity index (χ0v) is 11.4. The molecule has 0 spiro atoms. The van der Waals surface area contributed by atoms with Crippen molar-refractivity contribution in [3.63, 3.8) is 0 Å². The van der Waals surface area contributed by atoms with Crippen molar-refractivity contribution in [2.75, 3.05) is 7.11 Å². The number of aromatic hydroxyl groups is 1. The predicted octanol–water partition coefficient (Wildman–Crippen LogP) is 2.93. The quantitative estimate of drug-likeness (QED) is 0.520. The molecule has 0 bridgehead atoms. The summed E-state index contributed by atoms with van der Waals surface area (Å²) < 4.78 is 5.06. The van der Waals surface area contributed by atoms with Crippen molar-refractivity contribution in [2.24, 2.45) is 4.99 Å². The molecule has 0 saturated heterocycles. The molecule has 0 amide bonds. The number of nitrogens with zero attached hydrogens (tertiary/aromatic N) is 2. The van der Waals surface area contributed by atoms with Crippen molar-refractivity contribution < 1.29 is 14.8 Å². The first-order chi connectivity index (χ1) is 10.1. The van der Waals surface area contributed by atoms with Gasteiger partial charge < -0.3 is 9.84 Å². The number of benzene rings is 2. The molecule has 0 saturated carbocycles. The van der Waals surface area contributed by atoms with Gasteiger partial charge in [0.05, 0.1) is 18.6 Å². The molecule has 0 atom stereocenters. The second-order valence-corrected chi connectivity index (χ2v) is 4.32. The molecule has 0 heterocycles. The summed E-state index contributed by atoms with van der Waals surface area (Å²) in [5.74, 6) is 0.720. The van der Waals surface area contributed by atoms with Crippen LogP contribution in [0.2, 0.25) is 0 Å². The average Bonchev–Trinajstić information content (AvgIpc) is 2.49. The maximum Gasteiger partial charge on any atom is 0.270 e. The van der Waals surface area contributed by atoms with Gasteiger partial charge in [0.25, 0.3) is 5.69 Å². The highest BCUT2D eigenvalue weighted by molar-refractivity contribution is 5.84. The molecule has 21 heavy (non-hydrogen) atoms. The van der Waals surface area contributed by atoms with Gasteiger partial charge >= 0.3 is 0 Å². The standard InChI is InChI=1S/C15H14N2O4/c1-21-14-5-2-11(3-6-14)9-16-10-12-8-13(17(19)20)4-7-15(12)18/h2-8,10,18H,9H2,1H3. The highest BCUT2D eigenvalue weighted by Crippen LogP contribution is 2.21. The molecule has 0 fully saturated rings. The van der Waals surface area contributed by atoms with E-state index in [1.807, 2.05) is 24.3 Å². The molecule has 108 valence electrons. The van der Waals surface area contributed by atoms with E-state index in [1.165, 1.54) is 24.4 Å². The monoisotopic (exact) mass is 286 g/mol. The molecule has 0 aromatic heterocycles. The van der Waals surface area contributed by atoms with E-state index in [2.05, 4.69) is 4.99 Å². The summed E-state index contributed by atoms with van der Waals surface area (Å²) >= 11 is 0. The van der Waals surface area contributed by atoms with Crippen molar-refractivity contribution >= 4 is 11.9 Å². The lowest BCUT2D eigenvalue weighted by atomic mass is 10.2. The predicted molar refractivity (Wildman–Crippen MR) is 79.1 cm³/mol. The number of hydrogen-bond donors (Lipinski definition) is 1. The third-order valence-electron chi connectivity index (χ3n) is 2.89. The van der Waals surface area contributed by atoms with Gasteiger partial charge in [-0.05, 0) is 23.8 Å². The summed E-state index contributed by atoms with van der Waals surface area (Å²) in [5.41, 5.74) is 1.20. The van der Waals surface area contributed by atoms with E-state index >= 15 is 0 Å². The molecular weight excluding hydrogens is 272 g/mol. The Kier molecular flexibility index (Phi) is 4.50. The van der Waals surface area contributed by atoms with Gasteiger partial charge in [0.2, 0.25) is 0 Å². The fourth-order valence-corrected chi connectivity index (χ4v) is 1.74. The van der Waals surface area contributed by atoms with Gasteiger partial charge in [-0.3, -0.25) is 15.1 Å². The molecule has 0 aliphatic rings. The van der Waals surface area contributed by atoms with Crippen molar-refractivity contribution in [1.82, 2.24) is 0 Å². The van der Waals surface area contributed by atoms with Gasteiger partial charge in [-0.1, -0.05) is 12.1 Å². The van der Waals surface area contributed by atoms with Gasteiger partial charge in [-0.25, -0.2) is 0 Å². The summed E-state index contributed by atoms with van der Waals surface area (Å²) in [7, 11) is 1.60. The van der Waals surface area contributed by atoms with Crippen LogP contribution in [0.5, 0.6) is 11.5 Å². The van der Waals surface area contributed by atoms with E-state index in [0.717, 1.165) is 11.3 Å². The van der Waals surface area contributed by atoms with Crippen molar-refractivity contribution in [1.29, 1.82) is 0 Å². The maximum absolute atomic E-state index is 10.7. The smallest absolute Gasteiger partial charge is 0.270 e. The van der Waals surface area contributed by atoms with Crippen LogP contribution in [0.25, 0.3) is 0 Å². The van der Waals surface area contributed by atoms with E-state index < -0.39 is 4.92 Å². The average molecular weight is 286 g/mol. The number of aliphatic imine (C=N–C) groups is 1. The van der Waals surface area contributed by atoms with Crippen LogP contribution in [0.1, 0.15) is 11.1 Å². The van der Waals surface area contributed by atoms with Gasteiger partial charge in [-0.2, -0.15) is 0 Å². The molecular formula is C15H14N2O4. The lowest BCUT2D eigenvalue weighted by molar-refractivity contribution is -0.384. The van der Waals surface area contributed by atoms with Gasteiger partial charge in [-0.15, -0.1) is 0 Å². The third-order valence-corrected chi connectivity index (χ3v) is 2.89. The Bertz CT molecular complexity index is 666. The first-order valence-corrected chi connectivity index (χ1v) is 6.20. The minimum Gasteiger partial charge on any atom is -0.507 e. The fourth-order valence-electron chi connectivity index (χ4n) is 1.74. The second kappa shape index (κ2) is 6.51. The van der Waals surface area contributed by atoms with E-state index in [0.29, 0.717) is 12.1 Å². The summed E-state index contributed by atoms with van der Waals surface area (Å²) in [6.07, 6.45) is 1.42. The Hall–Kier alpha value is -2.89. The van der Waals surface area contributed by atoms with E-state index in [9.17, 15) is 15.2 Å². The maximum atomic E-state index is 10.7. The second-order valence-electron chi connectivity index (χ2n) is 4.32. The number of non-ortho nitro benzene ring substituents is 1. The Morgan fingerprint density at radius 2 is 2.00 bits per heavy atom. The Balaban J connectivity index is 2.09. The Morgan fingerprint density at radius 1 is 1.29 bits per heavy atom. The zero-order chi connectivity index (χ0) is 15.2. The van der Waals surface area contributed by atoms with Crippen LogP contribution in [0.3, 0.4) is 0 Å². The first kappa shape index (κ1) is 14.5. The summed E-state index contributed by atoms with van der Waals surface area (Å²) in [5, 5.41) is 20.3. The lowest BCUT2D eigenvalue weighted by Crippen LogP contribution is -1.91. The van der Waals surface area contributed by atoms with Crippen LogP contribution >= 0.6 is 0 Å². The summed E-state index contributed by atoms with van der Waals surface area (Å²) in [6.45, 7) is 0.409. The molecule has 1 N–H and O–H groups in total. The molecule has 2 aromatic carbocycles. The molecule has 0 unspecified atom stereocenters. The van der Waals surface area contributed by atoms with Crippen LogP contribution in [-0.4, -0.2) is 23.4 Å². The van der Waals surface area contributed by atoms with Crippen molar-refractivity contribution in [2.45, 2.75) is 6.54 Å². The summed E-state index contributed by atoms with van der Waals surface area (Å²) in [6, 6.07) is 11.2. The zero-order valence-electron chi connectivity index (χ0n) is 11.4. The SMILES string of the molecule is COc1ccc(CN=Cc2cc([N+](=O)[O-])ccc2O)cc1. The molecule has 0 aliphatic heterocycles. The van der Waals surface area contributed by atoms with Crippen LogP contribution in [-0.2, 0) is 6.54 Å². The molecule has 0 aliphatic carbocycles. The van der Waals surface area contributed by atoms with Crippen molar-refractivity contribution in [3.8, 4) is 11.5 Å². The largest absolute Gasteiger partial charge is 0.507 e. The molecule has 6 heteroatoms. The van der Waals surface area contributed by atoms with Crippen LogP contribution in [0, 0.1) is 10.1 Å². The molecule has 2 aromatic rings. The van der Waals surface area contributed by atoms with Gasteiger partial charge in [0.15, 0.2) is 0 Å². The Morgan fingerprint density at radius 3 is 2.62 bits per heavy atom. The van der Waals surface area contributed by atoms with Crippen LogP contribution in [0.4, 0.5) is 5.69 Å². The fraction of sp³-hybridized carbons (Fsp3) is 0.133. The number of phenols is 1. The summed E-state index contributed by atoms with van der Waals surface area (Å²) in [4.78, 5) is 14.4. The van der Waals surface area contributed by atoms with Crippen LogP contribution < -0.4 is 4.74 Å². The van der Waals surface area contributed by atoms with Gasteiger partial charge in [0.1, 0.15) is 11.5 Å². The molecule has 6 nitrogen and oxygen atoms in total. The lowest BCUT2D eigenvalue weighted by Gasteiger charge is -2.01. The molecule has 2 rings (SSSR count). The Labute approximate surface area is 121 Å². The van der Waals surface area contributed by atoms with E-state index in [1.54, 1.807) is 7.11 Å². The third kappa shape index (κ3) is 3.79. The number of methoxy groups -OCH3 is 1. The topological polar surface area (TPSA) is 85.0 Å². The number of ether oxygens (including phenoxy) is 1. The van der Waals surface area contributed by atoms with E-state index in [-0.39, 0.29) is 11.4 Å². The number of hydrogen-bond acceptors (Lipinski definition) is 5. The molecule has 0 radical (unpaired) electrons. The van der Waals surface area contributed by atoms with Crippen LogP contribution in [0.15, 0.2) is 47.5 Å². The van der Waals surface area contributed by atoms with Gasteiger partial charge in [0, 0.05) is 23.9 Å². The minimum absolute atomic E-state index is 0.0425. The number of phenolic OH excluding ortho intramolecular Hbond substituents is 1.